The maximum atomic E-state index is 6.86. The number of nitrogens with zero attached hydrogens (tertiary/aromatic N) is 2. The van der Waals surface area contributed by atoms with E-state index in [0.29, 0.717) is 0 Å². The van der Waals surface area contributed by atoms with Crippen molar-refractivity contribution in [1.82, 2.24) is 4.48 Å². The molecule has 8 aromatic rings. The zero-order chi connectivity index (χ0) is 36.1. The number of benzene rings is 6. The molecule has 2 aliphatic heterocycles. The summed E-state index contributed by atoms with van der Waals surface area (Å²) in [6, 6.07) is 41.2. The average molecular weight is 677 g/mol. The molecule has 0 N–H and O–H groups in total. The Hall–Kier alpha value is -5.22. The van der Waals surface area contributed by atoms with Gasteiger partial charge in [-0.1, -0.05) is 141 Å². The Bertz CT molecular complexity index is 2780. The topological polar surface area (TPSA) is 21.3 Å². The van der Waals surface area contributed by atoms with Gasteiger partial charge in [0.2, 0.25) is 0 Å². The molecule has 0 radical (unpaired) electrons. The van der Waals surface area contributed by atoms with Crippen LogP contribution in [0.25, 0.3) is 54.9 Å². The van der Waals surface area contributed by atoms with Crippen LogP contribution in [0.4, 0.5) is 17.1 Å². The maximum Gasteiger partial charge on any atom is 0.333 e. The molecule has 0 bridgehead atoms. The summed E-state index contributed by atoms with van der Waals surface area (Å²) in [5.41, 5.74) is 17.2. The number of aromatic nitrogens is 1. The van der Waals surface area contributed by atoms with Gasteiger partial charge in [0.05, 0.1) is 11.1 Å². The van der Waals surface area contributed by atoms with Crippen molar-refractivity contribution in [2.45, 2.75) is 78.6 Å². The molecule has 0 saturated carbocycles. The molecule has 0 unspecified atom stereocenters. The number of furan rings is 1. The van der Waals surface area contributed by atoms with Gasteiger partial charge in [-0.25, -0.2) is 0 Å². The molecule has 0 fully saturated rings. The van der Waals surface area contributed by atoms with E-state index in [1.54, 1.807) is 0 Å². The first-order valence-corrected chi connectivity index (χ1v) is 18.8. The highest BCUT2D eigenvalue weighted by atomic mass is 16.3. The van der Waals surface area contributed by atoms with Crippen molar-refractivity contribution >= 4 is 78.6 Å². The van der Waals surface area contributed by atoms with Crippen LogP contribution in [0.3, 0.4) is 0 Å². The van der Waals surface area contributed by atoms with Gasteiger partial charge >= 0.3 is 6.85 Å². The van der Waals surface area contributed by atoms with Crippen LogP contribution < -0.4 is 15.8 Å². The molecule has 4 heterocycles. The fourth-order valence-corrected chi connectivity index (χ4v) is 9.19. The number of rotatable bonds is 1. The van der Waals surface area contributed by atoms with E-state index in [2.05, 4.69) is 181 Å². The zero-order valence-corrected chi connectivity index (χ0v) is 31.8. The summed E-state index contributed by atoms with van der Waals surface area (Å²) in [6.07, 6.45) is 0. The predicted molar refractivity (Wildman–Crippen MR) is 223 cm³/mol. The molecule has 6 aromatic carbocycles. The zero-order valence-electron chi connectivity index (χ0n) is 31.8. The lowest BCUT2D eigenvalue weighted by molar-refractivity contribution is 0.568. The smallest absolute Gasteiger partial charge is 0.333 e. The highest BCUT2D eigenvalue weighted by molar-refractivity contribution is 6.90. The van der Waals surface area contributed by atoms with Gasteiger partial charge in [0.25, 0.3) is 0 Å². The summed E-state index contributed by atoms with van der Waals surface area (Å²) in [5, 5.41) is 4.93. The predicted octanol–water partition coefficient (Wildman–Crippen LogP) is 12.0. The summed E-state index contributed by atoms with van der Waals surface area (Å²) in [7, 11) is 0. The Balaban J connectivity index is 1.47. The van der Waals surface area contributed by atoms with Crippen molar-refractivity contribution in [2.75, 3.05) is 4.90 Å². The molecule has 2 aliphatic rings. The second-order valence-corrected chi connectivity index (χ2v) is 18.2. The van der Waals surface area contributed by atoms with E-state index in [1.807, 2.05) is 0 Å². The fraction of sp³-hybridized carbons (Fsp3) is 0.250. The summed E-state index contributed by atoms with van der Waals surface area (Å²) >= 11 is 0. The molecule has 2 aromatic heterocycles. The van der Waals surface area contributed by atoms with Crippen LogP contribution in [-0.2, 0) is 16.2 Å². The van der Waals surface area contributed by atoms with Crippen molar-refractivity contribution in [1.29, 1.82) is 0 Å². The number of hydrogen-bond acceptors (Lipinski definition) is 2. The first-order valence-electron chi connectivity index (χ1n) is 18.8. The highest BCUT2D eigenvalue weighted by Crippen LogP contribution is 2.52. The third-order valence-corrected chi connectivity index (χ3v) is 11.8. The highest BCUT2D eigenvalue weighted by Gasteiger charge is 2.46. The van der Waals surface area contributed by atoms with Gasteiger partial charge in [0, 0.05) is 44.1 Å². The van der Waals surface area contributed by atoms with Crippen molar-refractivity contribution in [3.63, 3.8) is 0 Å². The van der Waals surface area contributed by atoms with Gasteiger partial charge in [-0.2, -0.15) is 0 Å². The molecule has 4 heteroatoms. The van der Waals surface area contributed by atoms with Crippen molar-refractivity contribution in [3.8, 4) is 11.1 Å². The largest absolute Gasteiger partial charge is 0.456 e. The lowest BCUT2D eigenvalue weighted by Crippen LogP contribution is -2.57. The molecule has 0 saturated heterocycles. The Morgan fingerprint density at radius 3 is 1.90 bits per heavy atom. The van der Waals surface area contributed by atoms with Gasteiger partial charge in [-0.05, 0) is 79.8 Å². The third-order valence-electron chi connectivity index (χ3n) is 11.8. The van der Waals surface area contributed by atoms with Crippen molar-refractivity contribution < 1.29 is 4.42 Å². The summed E-state index contributed by atoms with van der Waals surface area (Å²) in [4.78, 5) is 2.65. The average Bonchev–Trinajstić information content (AvgIpc) is 3.64. The van der Waals surface area contributed by atoms with Gasteiger partial charge in [-0.15, -0.1) is 0 Å². The molecule has 256 valence electrons. The molecule has 0 aliphatic carbocycles. The number of hydrogen-bond donors (Lipinski definition) is 0. The molecule has 3 nitrogen and oxygen atoms in total. The van der Waals surface area contributed by atoms with Crippen LogP contribution in [-0.4, -0.2) is 11.3 Å². The van der Waals surface area contributed by atoms with E-state index in [4.69, 9.17) is 4.42 Å². The molecular formula is C48H45BN2O. The van der Waals surface area contributed by atoms with Crippen molar-refractivity contribution in [2.24, 2.45) is 0 Å². The minimum Gasteiger partial charge on any atom is -0.456 e. The monoisotopic (exact) mass is 676 g/mol. The van der Waals surface area contributed by atoms with Crippen LogP contribution in [0.1, 0.15) is 79.0 Å². The van der Waals surface area contributed by atoms with E-state index >= 15 is 0 Å². The Morgan fingerprint density at radius 1 is 0.538 bits per heavy atom. The van der Waals surface area contributed by atoms with Crippen molar-refractivity contribution in [3.05, 3.63) is 126 Å². The Kier molecular flexibility index (Phi) is 6.19. The van der Waals surface area contributed by atoms with Gasteiger partial charge in [0.1, 0.15) is 11.2 Å². The van der Waals surface area contributed by atoms with Crippen LogP contribution in [0, 0.1) is 0 Å². The summed E-state index contributed by atoms with van der Waals surface area (Å²) < 4.78 is 9.52. The van der Waals surface area contributed by atoms with Crippen LogP contribution in [0.15, 0.2) is 114 Å². The van der Waals surface area contributed by atoms with Gasteiger partial charge < -0.3 is 13.8 Å². The first-order chi connectivity index (χ1) is 24.7. The minimum atomic E-state index is -0.120. The van der Waals surface area contributed by atoms with Gasteiger partial charge in [0.15, 0.2) is 0 Å². The molecule has 0 amide bonds. The first kappa shape index (κ1) is 31.5. The fourth-order valence-electron chi connectivity index (χ4n) is 9.19. The molecule has 10 rings (SSSR count). The lowest BCUT2D eigenvalue weighted by atomic mass is 9.44. The minimum absolute atomic E-state index is 0.0261. The third kappa shape index (κ3) is 4.21. The molecular weight excluding hydrogens is 631 g/mol. The Morgan fingerprint density at radius 2 is 1.19 bits per heavy atom. The normalized spacial score (nSPS) is 14.2. The van der Waals surface area contributed by atoms with E-state index < -0.39 is 0 Å². The second kappa shape index (κ2) is 10.2. The SMILES string of the molecule is CC(C)(C)c1cc(N2c3c(cccc3C(C)(C)C)B3c4c(cc5oc6ccccc6c5c42)-c2cccc4c5ccccc5n3c24)cc(C(C)(C)C)c1. The van der Waals surface area contributed by atoms with Gasteiger partial charge in [-0.3, -0.25) is 0 Å². The summed E-state index contributed by atoms with van der Waals surface area (Å²) in [5.74, 6) is 0. The van der Waals surface area contributed by atoms with Crippen LogP contribution in [0.2, 0.25) is 0 Å². The van der Waals surface area contributed by atoms with E-state index in [-0.39, 0.29) is 23.1 Å². The lowest BCUT2D eigenvalue weighted by Gasteiger charge is -2.43. The number of fused-ring (bicyclic) bond motifs is 11. The van der Waals surface area contributed by atoms with E-state index in [9.17, 15) is 0 Å². The quantitative estimate of drug-likeness (QED) is 0.161. The van der Waals surface area contributed by atoms with Crippen LogP contribution in [0.5, 0.6) is 0 Å². The van der Waals surface area contributed by atoms with E-state index in [0.717, 1.165) is 16.6 Å². The molecule has 52 heavy (non-hydrogen) atoms. The Labute approximate surface area is 307 Å². The molecule has 0 atom stereocenters. The van der Waals surface area contributed by atoms with Crippen LogP contribution >= 0.6 is 0 Å². The second-order valence-electron chi connectivity index (χ2n) is 18.2. The standard InChI is InChI=1S/C48H45BN2O/c1-46(2,3)28-24-29(47(4,5)6)26-30(25-28)50-44-36(48(7,8)9)20-15-21-37(44)49-42-35(27-40-41(45(42)50)34-17-11-13-23-39(34)52-40)33-19-14-18-32-31-16-10-12-22-38(31)51(49)43(32)33/h10-27H,1-9H3. The molecule has 0 spiro atoms. The number of para-hydroxylation sites is 4. The maximum absolute atomic E-state index is 6.86. The van der Waals surface area contributed by atoms with E-state index in [1.165, 1.54) is 83.0 Å². The number of anilines is 3. The summed E-state index contributed by atoms with van der Waals surface area (Å²) in [6.45, 7) is 21.1.